The molecule has 3 atom stereocenters. The topological polar surface area (TPSA) is 90.1 Å². The van der Waals surface area contributed by atoms with Gasteiger partial charge in [0.15, 0.2) is 0 Å². The molecule has 1 spiro atoms. The van der Waals surface area contributed by atoms with Crippen molar-refractivity contribution in [2.45, 2.75) is 38.3 Å². The Morgan fingerprint density at radius 2 is 2.07 bits per heavy atom. The van der Waals surface area contributed by atoms with Crippen molar-refractivity contribution >= 4 is 17.5 Å². The van der Waals surface area contributed by atoms with E-state index in [0.717, 1.165) is 30.8 Å². The summed E-state index contributed by atoms with van der Waals surface area (Å²) in [4.78, 5) is 27.6. The third-order valence-electron chi connectivity index (χ3n) is 6.56. The van der Waals surface area contributed by atoms with Gasteiger partial charge in [-0.25, -0.2) is 0 Å². The maximum atomic E-state index is 13.0. The van der Waals surface area contributed by atoms with Crippen molar-refractivity contribution in [2.75, 3.05) is 18.4 Å². The van der Waals surface area contributed by atoms with Gasteiger partial charge in [0.25, 0.3) is 11.8 Å². The van der Waals surface area contributed by atoms with Crippen LogP contribution in [0.1, 0.15) is 59.1 Å². The number of anilines is 1. The van der Waals surface area contributed by atoms with Gasteiger partial charge in [-0.05, 0) is 42.9 Å². The van der Waals surface area contributed by atoms with E-state index < -0.39 is 5.66 Å². The standard InChI is InChI=1S/C21H25N5O2/c1-12(2)17-9-18(25-24-17)20(28)26-10-13-7-8-21(15(13)11-26)22-16-6-4-3-5-14(16)19(27)23-21/h3-6,9,12-13,15,22H,7-8,10-11H2,1-2H3,(H,23,27)(H,24,25)/t13-,15+,21+/m1/s1. The summed E-state index contributed by atoms with van der Waals surface area (Å²) in [6.45, 7) is 5.48. The molecule has 1 saturated heterocycles. The largest absolute Gasteiger partial charge is 0.362 e. The molecule has 3 heterocycles. The quantitative estimate of drug-likeness (QED) is 0.748. The molecule has 1 aromatic heterocycles. The molecular formula is C21H25N5O2. The van der Waals surface area contributed by atoms with Crippen LogP contribution in [-0.4, -0.2) is 45.7 Å². The van der Waals surface area contributed by atoms with Crippen LogP contribution in [0.15, 0.2) is 30.3 Å². The lowest BCUT2D eigenvalue weighted by atomic mass is 9.89. The number of H-pyrrole nitrogens is 1. The number of nitrogens with one attached hydrogen (secondary N) is 3. The Kier molecular flexibility index (Phi) is 3.76. The highest BCUT2D eigenvalue weighted by Gasteiger charge is 2.55. The molecule has 28 heavy (non-hydrogen) atoms. The fraction of sp³-hybridized carbons (Fsp3) is 0.476. The zero-order valence-corrected chi connectivity index (χ0v) is 16.2. The number of aromatic nitrogens is 2. The highest BCUT2D eigenvalue weighted by atomic mass is 16.2. The fourth-order valence-electron chi connectivity index (χ4n) is 5.04. The lowest BCUT2D eigenvalue weighted by molar-refractivity contribution is 0.0762. The number of likely N-dealkylation sites (tertiary alicyclic amines) is 1. The van der Waals surface area contributed by atoms with Crippen molar-refractivity contribution in [1.29, 1.82) is 0 Å². The van der Waals surface area contributed by atoms with Crippen LogP contribution in [0, 0.1) is 11.8 Å². The number of nitrogens with zero attached hydrogens (tertiary/aromatic N) is 2. The molecule has 0 radical (unpaired) electrons. The average molecular weight is 379 g/mol. The van der Waals surface area contributed by atoms with E-state index in [4.69, 9.17) is 0 Å². The number of para-hydroxylation sites is 1. The summed E-state index contributed by atoms with van der Waals surface area (Å²) in [5.41, 5.74) is 2.54. The number of aromatic amines is 1. The SMILES string of the molecule is CC(C)c1cc(C(=O)N2C[C@H]3CC[C@]4(NC(=O)c5ccccc5N4)[C@H]3C2)[nH]n1. The minimum absolute atomic E-state index is 0.00788. The molecule has 2 amide bonds. The molecule has 1 aromatic carbocycles. The summed E-state index contributed by atoms with van der Waals surface area (Å²) >= 11 is 0. The zero-order valence-electron chi connectivity index (χ0n) is 16.2. The van der Waals surface area contributed by atoms with E-state index in [1.807, 2.05) is 35.2 Å². The number of carbonyl (C=O) groups is 2. The van der Waals surface area contributed by atoms with Gasteiger partial charge in [-0.3, -0.25) is 14.7 Å². The zero-order chi connectivity index (χ0) is 19.5. The lowest BCUT2D eigenvalue weighted by Crippen LogP contribution is -2.61. The molecule has 3 aliphatic rings. The fourth-order valence-corrected chi connectivity index (χ4v) is 5.04. The number of hydrogen-bond donors (Lipinski definition) is 3. The Bertz CT molecular complexity index is 952. The van der Waals surface area contributed by atoms with Crippen LogP contribution < -0.4 is 10.6 Å². The monoisotopic (exact) mass is 379 g/mol. The first kappa shape index (κ1) is 17.3. The Labute approximate surface area is 163 Å². The number of fused-ring (bicyclic) bond motifs is 3. The smallest absolute Gasteiger partial charge is 0.271 e. The maximum Gasteiger partial charge on any atom is 0.271 e. The van der Waals surface area contributed by atoms with Crippen molar-refractivity contribution in [3.05, 3.63) is 47.3 Å². The molecule has 1 saturated carbocycles. The van der Waals surface area contributed by atoms with Crippen molar-refractivity contribution in [1.82, 2.24) is 20.4 Å². The lowest BCUT2D eigenvalue weighted by Gasteiger charge is -2.41. The van der Waals surface area contributed by atoms with Crippen molar-refractivity contribution in [3.8, 4) is 0 Å². The van der Waals surface area contributed by atoms with Gasteiger partial charge >= 0.3 is 0 Å². The van der Waals surface area contributed by atoms with E-state index >= 15 is 0 Å². The summed E-state index contributed by atoms with van der Waals surface area (Å²) in [6.07, 6.45) is 1.87. The molecule has 0 bridgehead atoms. The van der Waals surface area contributed by atoms with E-state index in [2.05, 4.69) is 34.7 Å². The summed E-state index contributed by atoms with van der Waals surface area (Å²) in [7, 11) is 0. The molecule has 2 fully saturated rings. The third-order valence-corrected chi connectivity index (χ3v) is 6.56. The molecular weight excluding hydrogens is 354 g/mol. The Hall–Kier alpha value is -2.83. The van der Waals surface area contributed by atoms with Crippen LogP contribution in [0.3, 0.4) is 0 Å². The van der Waals surface area contributed by atoms with Gasteiger partial charge in [-0.2, -0.15) is 5.10 Å². The van der Waals surface area contributed by atoms with Gasteiger partial charge in [0.05, 0.1) is 11.3 Å². The molecule has 7 heteroatoms. The van der Waals surface area contributed by atoms with E-state index in [-0.39, 0.29) is 23.7 Å². The predicted octanol–water partition coefficient (Wildman–Crippen LogP) is 2.57. The molecule has 7 nitrogen and oxygen atoms in total. The van der Waals surface area contributed by atoms with Crippen LogP contribution in [-0.2, 0) is 0 Å². The van der Waals surface area contributed by atoms with E-state index in [1.165, 1.54) is 0 Å². The summed E-state index contributed by atoms with van der Waals surface area (Å²) in [5, 5.41) is 14.0. The molecule has 146 valence electrons. The highest BCUT2D eigenvalue weighted by Crippen LogP contribution is 2.47. The van der Waals surface area contributed by atoms with Crippen LogP contribution >= 0.6 is 0 Å². The second kappa shape index (κ2) is 6.09. The van der Waals surface area contributed by atoms with Crippen LogP contribution in [0.2, 0.25) is 0 Å². The second-order valence-electron chi connectivity index (χ2n) is 8.57. The summed E-state index contributed by atoms with van der Waals surface area (Å²) < 4.78 is 0. The summed E-state index contributed by atoms with van der Waals surface area (Å²) in [6, 6.07) is 9.47. The Morgan fingerprint density at radius 3 is 2.86 bits per heavy atom. The average Bonchev–Trinajstić information content (AvgIpc) is 3.39. The molecule has 2 aliphatic heterocycles. The third kappa shape index (κ3) is 2.52. The second-order valence-corrected chi connectivity index (χ2v) is 8.57. The van der Waals surface area contributed by atoms with Gasteiger partial charge in [0.1, 0.15) is 11.4 Å². The Balaban J connectivity index is 1.38. The highest BCUT2D eigenvalue weighted by molar-refractivity contribution is 6.02. The van der Waals surface area contributed by atoms with Gasteiger partial charge in [0, 0.05) is 24.7 Å². The normalized spacial score (nSPS) is 28.2. The number of carbonyl (C=O) groups excluding carboxylic acids is 2. The van der Waals surface area contributed by atoms with E-state index in [1.54, 1.807) is 0 Å². The number of hydrogen-bond acceptors (Lipinski definition) is 4. The van der Waals surface area contributed by atoms with E-state index in [9.17, 15) is 9.59 Å². The first-order valence-electron chi connectivity index (χ1n) is 10.0. The van der Waals surface area contributed by atoms with Crippen molar-refractivity contribution in [2.24, 2.45) is 11.8 Å². The van der Waals surface area contributed by atoms with Gasteiger partial charge < -0.3 is 15.5 Å². The van der Waals surface area contributed by atoms with Gasteiger partial charge in [0.2, 0.25) is 0 Å². The minimum atomic E-state index is -0.470. The minimum Gasteiger partial charge on any atom is -0.362 e. The molecule has 0 unspecified atom stereocenters. The van der Waals surface area contributed by atoms with Crippen molar-refractivity contribution < 1.29 is 9.59 Å². The predicted molar refractivity (Wildman–Crippen MR) is 105 cm³/mol. The van der Waals surface area contributed by atoms with Crippen LogP contribution in [0.4, 0.5) is 5.69 Å². The first-order valence-corrected chi connectivity index (χ1v) is 10.0. The molecule has 1 aliphatic carbocycles. The number of benzene rings is 1. The van der Waals surface area contributed by atoms with Gasteiger partial charge in [-0.1, -0.05) is 26.0 Å². The van der Waals surface area contributed by atoms with Crippen LogP contribution in [0.25, 0.3) is 0 Å². The first-order chi connectivity index (χ1) is 13.5. The van der Waals surface area contributed by atoms with Crippen LogP contribution in [0.5, 0.6) is 0 Å². The Morgan fingerprint density at radius 1 is 1.25 bits per heavy atom. The van der Waals surface area contributed by atoms with Crippen molar-refractivity contribution in [3.63, 3.8) is 0 Å². The molecule has 2 aromatic rings. The summed E-state index contributed by atoms with van der Waals surface area (Å²) in [5.74, 6) is 0.818. The molecule has 5 rings (SSSR count). The van der Waals surface area contributed by atoms with Gasteiger partial charge in [-0.15, -0.1) is 0 Å². The molecule has 3 N–H and O–H groups in total. The number of rotatable bonds is 2. The number of amides is 2. The van der Waals surface area contributed by atoms with E-state index in [0.29, 0.717) is 23.7 Å². The maximum absolute atomic E-state index is 13.0.